The lowest BCUT2D eigenvalue weighted by Gasteiger charge is -2.19. The zero-order valence-corrected chi connectivity index (χ0v) is 18.2. The highest BCUT2D eigenvalue weighted by molar-refractivity contribution is 5.96. The molecule has 10 heteroatoms. The minimum absolute atomic E-state index is 0.00852. The molecule has 168 valence electrons. The predicted octanol–water partition coefficient (Wildman–Crippen LogP) is 3.71. The number of rotatable bonds is 5. The van der Waals surface area contributed by atoms with E-state index in [-0.39, 0.29) is 16.8 Å². The maximum Gasteiger partial charge on any atom is 0.138 e. The molecule has 0 fully saturated rings. The number of hydrogen-bond donors (Lipinski definition) is 1. The van der Waals surface area contributed by atoms with Gasteiger partial charge >= 0.3 is 0 Å². The number of nitriles is 2. The molecule has 5 rings (SSSR count). The van der Waals surface area contributed by atoms with Gasteiger partial charge in [-0.05, 0) is 23.3 Å². The fourth-order valence-corrected chi connectivity index (χ4v) is 3.95. The van der Waals surface area contributed by atoms with Crippen LogP contribution in [0.1, 0.15) is 16.7 Å². The van der Waals surface area contributed by atoms with E-state index in [9.17, 15) is 14.9 Å². The molecule has 0 saturated heterocycles. The SMILES string of the molecule is N#Cc1c(N)c(C#N)c(-c2cn(Cc3ccccc3)nn2)c(-n2cncn2)c1-c1ccc(F)cc1. The van der Waals surface area contributed by atoms with Gasteiger partial charge in [-0.15, -0.1) is 5.10 Å². The molecule has 0 atom stereocenters. The molecule has 0 amide bonds. The number of benzene rings is 3. The number of hydrogen-bond acceptors (Lipinski definition) is 7. The highest BCUT2D eigenvalue weighted by Gasteiger charge is 2.28. The Balaban J connectivity index is 1.80. The Morgan fingerprint density at radius 2 is 1.66 bits per heavy atom. The summed E-state index contributed by atoms with van der Waals surface area (Å²) in [6, 6.07) is 19.6. The first-order valence-electron chi connectivity index (χ1n) is 10.5. The van der Waals surface area contributed by atoms with Gasteiger partial charge in [0.05, 0.1) is 40.8 Å². The van der Waals surface area contributed by atoms with Crippen LogP contribution in [0.2, 0.25) is 0 Å². The summed E-state index contributed by atoms with van der Waals surface area (Å²) in [5.41, 5.74) is 9.45. The van der Waals surface area contributed by atoms with Gasteiger partial charge in [-0.25, -0.2) is 18.7 Å². The Hall–Kier alpha value is -5.35. The number of nitrogens with two attached hydrogens (primary N) is 1. The Morgan fingerprint density at radius 1 is 0.943 bits per heavy atom. The van der Waals surface area contributed by atoms with E-state index in [1.165, 1.54) is 41.6 Å². The third-order valence-corrected chi connectivity index (χ3v) is 5.50. The summed E-state index contributed by atoms with van der Waals surface area (Å²) in [6.45, 7) is 0.463. The van der Waals surface area contributed by atoms with Crippen molar-refractivity contribution in [2.75, 3.05) is 5.73 Å². The molecule has 0 radical (unpaired) electrons. The fourth-order valence-electron chi connectivity index (χ4n) is 3.95. The molecule has 2 heterocycles. The van der Waals surface area contributed by atoms with Gasteiger partial charge in [-0.1, -0.05) is 47.7 Å². The van der Waals surface area contributed by atoms with E-state index in [4.69, 9.17) is 5.73 Å². The number of anilines is 1. The molecule has 2 N–H and O–H groups in total. The highest BCUT2D eigenvalue weighted by Crippen LogP contribution is 2.43. The smallest absolute Gasteiger partial charge is 0.138 e. The number of nitrogens with zero attached hydrogens (tertiary/aromatic N) is 8. The van der Waals surface area contributed by atoms with Gasteiger partial charge in [0.15, 0.2) is 0 Å². The average molecular weight is 461 g/mol. The second-order valence-electron chi connectivity index (χ2n) is 7.62. The van der Waals surface area contributed by atoms with Gasteiger partial charge in [0.1, 0.15) is 36.3 Å². The van der Waals surface area contributed by atoms with Crippen molar-refractivity contribution in [1.29, 1.82) is 10.5 Å². The summed E-state index contributed by atoms with van der Waals surface area (Å²) in [5, 5.41) is 32.8. The van der Waals surface area contributed by atoms with Gasteiger partial charge in [0.2, 0.25) is 0 Å². The topological polar surface area (TPSA) is 135 Å². The third-order valence-electron chi connectivity index (χ3n) is 5.50. The fraction of sp³-hybridized carbons (Fsp3) is 0.0400. The van der Waals surface area contributed by atoms with Crippen LogP contribution in [0.5, 0.6) is 0 Å². The number of nitrogen functional groups attached to an aromatic ring is 1. The Morgan fingerprint density at radius 3 is 2.31 bits per heavy atom. The largest absolute Gasteiger partial charge is 0.397 e. The molecular weight excluding hydrogens is 445 g/mol. The van der Waals surface area contributed by atoms with E-state index in [1.54, 1.807) is 10.9 Å². The van der Waals surface area contributed by atoms with Crippen molar-refractivity contribution < 1.29 is 4.39 Å². The molecule has 0 aliphatic rings. The Kier molecular flexibility index (Phi) is 5.46. The lowest BCUT2D eigenvalue weighted by Crippen LogP contribution is -2.09. The zero-order chi connectivity index (χ0) is 24.4. The summed E-state index contributed by atoms with van der Waals surface area (Å²) in [5.74, 6) is -0.430. The normalized spacial score (nSPS) is 10.6. The number of halogens is 1. The molecule has 0 unspecified atom stereocenters. The molecule has 0 aliphatic carbocycles. The van der Waals surface area contributed by atoms with Crippen LogP contribution in [0.15, 0.2) is 73.4 Å². The van der Waals surface area contributed by atoms with E-state index in [0.717, 1.165) is 5.56 Å². The standard InChI is InChI=1S/C25H16FN9/c26-18-8-6-17(7-9-18)22-19(10-27)24(29)20(11-28)23(25(22)35-15-30-14-31-35)21-13-34(33-32-21)12-16-4-2-1-3-5-16/h1-9,13-15H,12,29H2. The molecular formula is C25H16FN9. The van der Waals surface area contributed by atoms with Crippen molar-refractivity contribution in [2.45, 2.75) is 6.54 Å². The van der Waals surface area contributed by atoms with Gasteiger partial charge < -0.3 is 5.73 Å². The first kappa shape index (κ1) is 21.5. The van der Waals surface area contributed by atoms with Crippen LogP contribution < -0.4 is 5.73 Å². The minimum atomic E-state index is -0.430. The van der Waals surface area contributed by atoms with Crippen molar-refractivity contribution in [1.82, 2.24) is 29.8 Å². The van der Waals surface area contributed by atoms with Gasteiger partial charge in [0, 0.05) is 5.56 Å². The maximum atomic E-state index is 13.7. The summed E-state index contributed by atoms with van der Waals surface area (Å²) in [7, 11) is 0. The van der Waals surface area contributed by atoms with Crippen molar-refractivity contribution in [3.8, 4) is 40.2 Å². The van der Waals surface area contributed by atoms with Crippen molar-refractivity contribution in [2.24, 2.45) is 0 Å². The van der Waals surface area contributed by atoms with Crippen LogP contribution in [0.25, 0.3) is 28.1 Å². The molecule has 0 spiro atoms. The van der Waals surface area contributed by atoms with Crippen LogP contribution in [0.4, 0.5) is 10.1 Å². The summed E-state index contributed by atoms with van der Waals surface area (Å²) >= 11 is 0. The second-order valence-corrected chi connectivity index (χ2v) is 7.62. The molecule has 35 heavy (non-hydrogen) atoms. The van der Waals surface area contributed by atoms with Crippen LogP contribution >= 0.6 is 0 Å². The molecule has 9 nitrogen and oxygen atoms in total. The Labute approximate surface area is 199 Å². The Bertz CT molecular complexity index is 1590. The second kappa shape index (κ2) is 8.89. The lowest BCUT2D eigenvalue weighted by molar-refractivity contribution is 0.628. The average Bonchev–Trinajstić information content (AvgIpc) is 3.57. The van der Waals surface area contributed by atoms with Gasteiger partial charge in [-0.2, -0.15) is 15.6 Å². The zero-order valence-electron chi connectivity index (χ0n) is 18.2. The van der Waals surface area contributed by atoms with Crippen LogP contribution in [-0.2, 0) is 6.54 Å². The van der Waals surface area contributed by atoms with E-state index in [1.807, 2.05) is 30.3 Å². The third kappa shape index (κ3) is 3.86. The van der Waals surface area contributed by atoms with E-state index >= 15 is 0 Å². The molecule has 0 saturated carbocycles. The van der Waals surface area contributed by atoms with Gasteiger partial charge in [0.25, 0.3) is 0 Å². The molecule has 5 aromatic rings. The minimum Gasteiger partial charge on any atom is -0.397 e. The number of aromatic nitrogens is 6. The molecule has 0 bridgehead atoms. The molecule has 0 aliphatic heterocycles. The van der Waals surface area contributed by atoms with Crippen LogP contribution in [0.3, 0.4) is 0 Å². The van der Waals surface area contributed by atoms with E-state index < -0.39 is 5.82 Å². The first-order valence-corrected chi connectivity index (χ1v) is 10.5. The van der Waals surface area contributed by atoms with Crippen molar-refractivity contribution >= 4 is 5.69 Å². The summed E-state index contributed by atoms with van der Waals surface area (Å²) < 4.78 is 16.8. The monoisotopic (exact) mass is 461 g/mol. The van der Waals surface area contributed by atoms with Crippen LogP contribution in [-0.4, -0.2) is 29.8 Å². The van der Waals surface area contributed by atoms with Crippen molar-refractivity contribution in [3.63, 3.8) is 0 Å². The quantitative estimate of drug-likeness (QED) is 0.394. The van der Waals surface area contributed by atoms with E-state index in [2.05, 4.69) is 32.5 Å². The highest BCUT2D eigenvalue weighted by atomic mass is 19.1. The van der Waals surface area contributed by atoms with Gasteiger partial charge in [-0.3, -0.25) is 0 Å². The summed E-state index contributed by atoms with van der Waals surface area (Å²) in [6.07, 6.45) is 4.47. The lowest BCUT2D eigenvalue weighted by atomic mass is 9.89. The summed E-state index contributed by atoms with van der Waals surface area (Å²) in [4.78, 5) is 4.03. The predicted molar refractivity (Wildman–Crippen MR) is 125 cm³/mol. The maximum absolute atomic E-state index is 13.7. The van der Waals surface area contributed by atoms with E-state index in [0.29, 0.717) is 34.6 Å². The first-order chi connectivity index (χ1) is 17.1. The van der Waals surface area contributed by atoms with Crippen LogP contribution in [0, 0.1) is 28.5 Å². The van der Waals surface area contributed by atoms with Crippen molar-refractivity contribution in [3.05, 3.63) is 96.0 Å². The molecule has 3 aromatic carbocycles. The molecule has 2 aromatic heterocycles.